The van der Waals surface area contributed by atoms with Crippen LogP contribution in [0.4, 0.5) is 30.7 Å². The number of unbranched alkanes of at least 4 members (excludes halogenated alkanes) is 1. The molecule has 1 aromatic heterocycles. The predicted molar refractivity (Wildman–Crippen MR) is 123 cm³/mol. The number of nitrogens with one attached hydrogen (secondary N) is 2. The molecule has 0 saturated heterocycles. The highest BCUT2D eigenvalue weighted by Crippen LogP contribution is 2.47. The van der Waals surface area contributed by atoms with E-state index in [1.54, 1.807) is 6.92 Å². The summed E-state index contributed by atoms with van der Waals surface area (Å²) in [5, 5.41) is 10.5. The fraction of sp³-hybridized carbons (Fsp3) is 0.435. The first-order chi connectivity index (χ1) is 17.7. The molecular formula is C23H23F7N6O2. The number of hydrogen-bond donors (Lipinski definition) is 2. The van der Waals surface area contributed by atoms with E-state index in [2.05, 4.69) is 15.4 Å². The summed E-state index contributed by atoms with van der Waals surface area (Å²) < 4.78 is 96.9. The summed E-state index contributed by atoms with van der Waals surface area (Å²) in [5.74, 6) is -2.68. The number of tetrazole rings is 1. The Kier molecular flexibility index (Phi) is 8.27. The maximum absolute atomic E-state index is 15.3. The summed E-state index contributed by atoms with van der Waals surface area (Å²) in [4.78, 5) is 29.2. The van der Waals surface area contributed by atoms with Gasteiger partial charge in [0.15, 0.2) is 5.54 Å². The number of carbonyl (C=O) groups is 1. The van der Waals surface area contributed by atoms with Gasteiger partial charge in [-0.2, -0.15) is 31.0 Å². The predicted octanol–water partition coefficient (Wildman–Crippen LogP) is 4.22. The zero-order chi connectivity index (χ0) is 28.3. The van der Waals surface area contributed by atoms with Gasteiger partial charge in [-0.25, -0.2) is 14.3 Å². The summed E-state index contributed by atoms with van der Waals surface area (Å²) in [7, 11) is 1.27. The van der Waals surface area contributed by atoms with Crippen LogP contribution in [0.5, 0.6) is 0 Å². The van der Waals surface area contributed by atoms with Crippen molar-refractivity contribution in [3.63, 3.8) is 0 Å². The Morgan fingerprint density at radius 1 is 1.18 bits per heavy atom. The molecule has 206 valence electrons. The summed E-state index contributed by atoms with van der Waals surface area (Å²) in [6, 6.07) is 2.84. The number of H-pyrrole nitrogens is 1. The Morgan fingerprint density at radius 2 is 1.89 bits per heavy atom. The van der Waals surface area contributed by atoms with Crippen molar-refractivity contribution < 1.29 is 35.5 Å². The Morgan fingerprint density at radius 3 is 2.42 bits per heavy atom. The van der Waals surface area contributed by atoms with E-state index in [0.29, 0.717) is 4.68 Å². The van der Waals surface area contributed by atoms with E-state index in [0.717, 1.165) is 12.1 Å². The van der Waals surface area contributed by atoms with Gasteiger partial charge in [0.2, 0.25) is 0 Å². The van der Waals surface area contributed by atoms with E-state index < -0.39 is 59.4 Å². The van der Waals surface area contributed by atoms with Crippen molar-refractivity contribution in [2.24, 2.45) is 4.99 Å². The van der Waals surface area contributed by atoms with Crippen LogP contribution in [0.3, 0.4) is 0 Å². The minimum Gasteiger partial charge on any atom is -0.332 e. The maximum Gasteiger partial charge on any atom is 0.416 e. The molecule has 3 rings (SSSR count). The molecule has 0 fully saturated rings. The first kappa shape index (κ1) is 28.8. The normalized spacial score (nSPS) is 19.4. The molecule has 0 unspecified atom stereocenters. The van der Waals surface area contributed by atoms with Crippen molar-refractivity contribution in [3.05, 3.63) is 63.4 Å². The molecule has 0 aliphatic carbocycles. The molecule has 1 atom stereocenters. The van der Waals surface area contributed by atoms with E-state index in [1.807, 2.05) is 10.4 Å². The second-order valence-corrected chi connectivity index (χ2v) is 8.52. The van der Waals surface area contributed by atoms with Crippen LogP contribution in [0.2, 0.25) is 0 Å². The summed E-state index contributed by atoms with van der Waals surface area (Å²) >= 11 is 0. The summed E-state index contributed by atoms with van der Waals surface area (Å²) in [5.41, 5.74) is -5.94. The molecular weight excluding hydrogens is 525 g/mol. The minimum absolute atomic E-state index is 0.0109. The summed E-state index contributed by atoms with van der Waals surface area (Å²) in [6.07, 6.45) is -9.04. The molecule has 0 spiro atoms. The number of amides is 1. The van der Waals surface area contributed by atoms with Gasteiger partial charge in [-0.15, -0.1) is 0 Å². The molecule has 38 heavy (non-hydrogen) atoms. The van der Waals surface area contributed by atoms with Gasteiger partial charge in [0.25, 0.3) is 5.91 Å². The van der Waals surface area contributed by atoms with Gasteiger partial charge in [-0.1, -0.05) is 18.2 Å². The van der Waals surface area contributed by atoms with Crippen LogP contribution in [0.1, 0.15) is 43.7 Å². The van der Waals surface area contributed by atoms with E-state index in [4.69, 9.17) is 0 Å². The molecule has 1 aliphatic heterocycles. The number of carbonyl (C=O) groups excluding carboxylic acids is 1. The van der Waals surface area contributed by atoms with Crippen LogP contribution in [0.15, 0.2) is 45.7 Å². The number of aromatic nitrogens is 4. The van der Waals surface area contributed by atoms with Gasteiger partial charge in [0.05, 0.1) is 5.71 Å². The van der Waals surface area contributed by atoms with Crippen LogP contribution in [0.25, 0.3) is 5.70 Å². The third kappa shape index (κ3) is 5.86. The summed E-state index contributed by atoms with van der Waals surface area (Å²) in [6.45, 7) is 1.56. The molecule has 15 heteroatoms. The number of aromatic amines is 1. The average molecular weight is 548 g/mol. The van der Waals surface area contributed by atoms with Crippen LogP contribution in [-0.4, -0.2) is 51.2 Å². The third-order valence-electron chi connectivity index (χ3n) is 5.98. The number of aliphatic imine (C=N–C) groups is 1. The van der Waals surface area contributed by atoms with Crippen LogP contribution < -0.4 is 11.0 Å². The highest BCUT2D eigenvalue weighted by molar-refractivity contribution is 6.25. The molecule has 2 heterocycles. The van der Waals surface area contributed by atoms with Crippen molar-refractivity contribution in [2.45, 2.75) is 56.9 Å². The van der Waals surface area contributed by atoms with Gasteiger partial charge in [0.1, 0.15) is 11.5 Å². The molecule has 1 aliphatic rings. The first-order valence-corrected chi connectivity index (χ1v) is 11.3. The van der Waals surface area contributed by atoms with Crippen molar-refractivity contribution in [1.82, 2.24) is 25.5 Å². The Bertz CT molecular complexity index is 1340. The largest absolute Gasteiger partial charge is 0.416 e. The van der Waals surface area contributed by atoms with E-state index in [1.165, 1.54) is 25.3 Å². The molecule has 0 saturated carbocycles. The zero-order valence-electron chi connectivity index (χ0n) is 20.2. The molecule has 0 radical (unpaired) electrons. The smallest absolute Gasteiger partial charge is 0.332 e. The molecule has 8 nitrogen and oxygen atoms in total. The molecule has 1 amide bonds. The van der Waals surface area contributed by atoms with Gasteiger partial charge < -0.3 is 5.32 Å². The highest BCUT2D eigenvalue weighted by atomic mass is 19.4. The van der Waals surface area contributed by atoms with Crippen LogP contribution in [-0.2, 0) is 16.8 Å². The van der Waals surface area contributed by atoms with Crippen molar-refractivity contribution in [1.29, 1.82) is 0 Å². The number of rotatable bonds is 8. The van der Waals surface area contributed by atoms with Gasteiger partial charge in [0, 0.05) is 31.0 Å². The standard InChI is InChI=1S/C23H23F7N6O2/c1-3-6-17(31-2)14-12-21(23(28,29)30,32-19(37)18(14)36-20(38)33-34-35-36)15-9-8-13(11-16(15)24)7-4-5-10-22(25,26)27/h3,6,8-9,11H,4-5,7,10,12H2,1-2H3,(H,32,37)(H,33,35,38)/b6-3-,31-17+/t21-/m0/s1. The van der Waals surface area contributed by atoms with Gasteiger partial charge >= 0.3 is 18.0 Å². The number of halogens is 7. The number of alkyl halides is 6. The van der Waals surface area contributed by atoms with Gasteiger partial charge in [-0.3, -0.25) is 9.79 Å². The Labute approximate surface area is 211 Å². The lowest BCUT2D eigenvalue weighted by atomic mass is 9.77. The van der Waals surface area contributed by atoms with Crippen LogP contribution >= 0.6 is 0 Å². The lowest BCUT2D eigenvalue weighted by Crippen LogP contribution is -2.60. The topological polar surface area (TPSA) is 105 Å². The average Bonchev–Trinajstić information content (AvgIpc) is 3.23. The Balaban J connectivity index is 2.10. The Hall–Kier alpha value is -3.78. The molecule has 1 aromatic carbocycles. The maximum atomic E-state index is 15.3. The first-order valence-electron chi connectivity index (χ1n) is 11.3. The number of benzene rings is 1. The number of allylic oxidation sites excluding steroid dienone is 2. The lowest BCUT2D eigenvalue weighted by Gasteiger charge is -2.41. The monoisotopic (exact) mass is 548 g/mol. The second-order valence-electron chi connectivity index (χ2n) is 8.52. The van der Waals surface area contributed by atoms with Crippen molar-refractivity contribution in [3.8, 4) is 0 Å². The van der Waals surface area contributed by atoms with Crippen molar-refractivity contribution in [2.75, 3.05) is 7.05 Å². The van der Waals surface area contributed by atoms with E-state index in [9.17, 15) is 35.9 Å². The lowest BCUT2D eigenvalue weighted by molar-refractivity contribution is -0.203. The number of hydrogen-bond acceptors (Lipinski definition) is 5. The fourth-order valence-electron chi connectivity index (χ4n) is 4.23. The minimum atomic E-state index is -5.22. The third-order valence-corrected chi connectivity index (χ3v) is 5.98. The highest BCUT2D eigenvalue weighted by Gasteiger charge is 2.61. The SMILES string of the molecule is C/C=C\C(=N/C)C1=C(n2nn[nH]c2=O)C(=O)N[C@@](c2ccc(CCCCC(F)(F)F)cc2F)(C(F)(F)F)C1. The molecule has 2 N–H and O–H groups in total. The zero-order valence-corrected chi connectivity index (χ0v) is 20.2. The van der Waals surface area contributed by atoms with Gasteiger partial charge in [-0.05, 0) is 54.3 Å². The number of nitrogens with zero attached hydrogens (tertiary/aromatic N) is 4. The van der Waals surface area contributed by atoms with Crippen molar-refractivity contribution >= 4 is 17.3 Å². The second kappa shape index (κ2) is 10.9. The molecule has 0 bridgehead atoms. The fourth-order valence-corrected chi connectivity index (χ4v) is 4.23. The number of aryl methyl sites for hydroxylation is 1. The van der Waals surface area contributed by atoms with Crippen LogP contribution in [0, 0.1) is 5.82 Å². The van der Waals surface area contributed by atoms with E-state index in [-0.39, 0.29) is 36.1 Å². The molecule has 2 aromatic rings. The van der Waals surface area contributed by atoms with E-state index >= 15 is 4.39 Å². The quantitative estimate of drug-likeness (QED) is 0.293.